The lowest BCUT2D eigenvalue weighted by atomic mass is 10.2. The van der Waals surface area contributed by atoms with E-state index in [2.05, 4.69) is 15.2 Å². The zero-order chi connectivity index (χ0) is 16.8. The summed E-state index contributed by atoms with van der Waals surface area (Å²) >= 11 is 0. The van der Waals surface area contributed by atoms with E-state index in [0.29, 0.717) is 0 Å². The van der Waals surface area contributed by atoms with Crippen LogP contribution in [0.25, 0.3) is 0 Å². The lowest BCUT2D eigenvalue weighted by Crippen LogP contribution is -2.29. The van der Waals surface area contributed by atoms with Crippen molar-refractivity contribution in [3.8, 4) is 0 Å². The summed E-state index contributed by atoms with van der Waals surface area (Å²) in [5.41, 5.74) is -3.49. The number of H-pyrrole nitrogens is 1. The smallest absolute Gasteiger partial charge is 0.423 e. The van der Waals surface area contributed by atoms with E-state index in [1.807, 2.05) is 0 Å². The maximum absolute atomic E-state index is 12.8. The van der Waals surface area contributed by atoms with Crippen LogP contribution in [0.15, 0.2) is 23.1 Å². The van der Waals surface area contributed by atoms with E-state index < -0.39 is 41.6 Å². The molecule has 0 amide bonds. The van der Waals surface area contributed by atoms with Crippen LogP contribution < -0.4 is 10.9 Å². The number of aliphatic hydroxyl groups excluding tert-OH is 1. The number of nitrogens with one attached hydrogen (secondary N) is 2. The number of hydrogen-bond acceptors (Lipinski definition) is 6. The maximum Gasteiger partial charge on any atom is 0.423 e. The number of aromatic amines is 1. The number of alkyl halides is 3. The Hall–Kier alpha value is -2.36. The first kappa shape index (κ1) is 17.7. The Morgan fingerprint density at radius 1 is 1.59 bits per heavy atom. The van der Waals surface area contributed by atoms with Gasteiger partial charge in [-0.2, -0.15) is 18.3 Å². The van der Waals surface area contributed by atoms with Crippen molar-refractivity contribution in [1.29, 1.82) is 0 Å². The molecule has 10 heteroatoms. The van der Waals surface area contributed by atoms with E-state index in [0.717, 1.165) is 18.3 Å². The molecule has 0 saturated heterocycles. The molecule has 0 aromatic carbocycles. The third-order valence-electron chi connectivity index (χ3n) is 2.43. The number of carbonyl (C=O) groups is 1. The highest BCUT2D eigenvalue weighted by atomic mass is 19.4. The van der Waals surface area contributed by atoms with Crippen molar-refractivity contribution in [2.45, 2.75) is 19.1 Å². The normalized spacial score (nSPS) is 13.1. The van der Waals surface area contributed by atoms with Crippen molar-refractivity contribution in [2.24, 2.45) is 0 Å². The van der Waals surface area contributed by atoms with Gasteiger partial charge in [-0.3, -0.25) is 4.79 Å². The highest BCUT2D eigenvalue weighted by molar-refractivity contribution is 5.82. The number of nitrogens with zero attached hydrogens (tertiary/aromatic N) is 1. The Morgan fingerprint density at radius 2 is 2.27 bits per heavy atom. The number of rotatable bonds is 6. The quantitative estimate of drug-likeness (QED) is 0.526. The Labute approximate surface area is 122 Å². The summed E-state index contributed by atoms with van der Waals surface area (Å²) in [6, 6.07) is -1.03. The third kappa shape index (κ3) is 4.88. The van der Waals surface area contributed by atoms with E-state index >= 15 is 0 Å². The lowest BCUT2D eigenvalue weighted by Gasteiger charge is -2.17. The monoisotopic (exact) mass is 321 g/mol. The molecule has 0 saturated carbocycles. The van der Waals surface area contributed by atoms with Crippen LogP contribution in [-0.4, -0.2) is 40.5 Å². The average molecular weight is 321 g/mol. The minimum absolute atomic E-state index is 0.136. The molecule has 22 heavy (non-hydrogen) atoms. The van der Waals surface area contributed by atoms with Gasteiger partial charge >= 0.3 is 12.1 Å². The van der Waals surface area contributed by atoms with E-state index in [1.165, 1.54) is 0 Å². The minimum atomic E-state index is -4.90. The van der Waals surface area contributed by atoms with Gasteiger partial charge in [-0.05, 0) is 6.92 Å². The van der Waals surface area contributed by atoms with E-state index in [9.17, 15) is 22.8 Å². The van der Waals surface area contributed by atoms with Crippen molar-refractivity contribution < 1.29 is 27.8 Å². The number of aliphatic hydroxyl groups is 1. The molecule has 0 spiro atoms. The summed E-state index contributed by atoms with van der Waals surface area (Å²) in [6.45, 7) is 1.11. The summed E-state index contributed by atoms with van der Waals surface area (Å²) in [5.74, 6) is -0.706. The highest BCUT2D eigenvalue weighted by Gasteiger charge is 2.37. The van der Waals surface area contributed by atoms with E-state index in [4.69, 9.17) is 5.11 Å². The van der Waals surface area contributed by atoms with Gasteiger partial charge in [0.1, 0.15) is 5.56 Å². The van der Waals surface area contributed by atoms with Gasteiger partial charge in [0.2, 0.25) is 0 Å². The molecule has 0 aliphatic carbocycles. The van der Waals surface area contributed by atoms with Crippen molar-refractivity contribution >= 4 is 11.7 Å². The Balaban J connectivity index is 3.00. The standard InChI is InChI=1S/C12H14F3N3O4/c1-2-22-9(20)4-3-7(6-19)17-8-5-16-18-11(21)10(8)12(13,14)15/h3-5,7,19H,2,6H2,1H3,(H2,17,18,21)/b4-3+/t7-/m1/s1. The fourth-order valence-electron chi connectivity index (χ4n) is 1.53. The van der Waals surface area contributed by atoms with Crippen molar-refractivity contribution in [2.75, 3.05) is 18.5 Å². The Bertz CT molecular complexity index is 598. The van der Waals surface area contributed by atoms with Crippen LogP contribution in [0.2, 0.25) is 0 Å². The predicted molar refractivity (Wildman–Crippen MR) is 70.1 cm³/mol. The molecule has 122 valence electrons. The van der Waals surface area contributed by atoms with Crippen molar-refractivity contribution in [3.05, 3.63) is 34.3 Å². The zero-order valence-corrected chi connectivity index (χ0v) is 11.5. The molecule has 0 unspecified atom stereocenters. The lowest BCUT2D eigenvalue weighted by molar-refractivity contribution is -0.138. The molecule has 0 radical (unpaired) electrons. The number of aromatic nitrogens is 2. The second kappa shape index (κ2) is 7.59. The molecule has 1 rings (SSSR count). The van der Waals surface area contributed by atoms with Gasteiger partial charge in [0.15, 0.2) is 0 Å². The topological polar surface area (TPSA) is 104 Å². The van der Waals surface area contributed by atoms with Crippen LogP contribution in [-0.2, 0) is 15.7 Å². The maximum atomic E-state index is 12.8. The summed E-state index contributed by atoms with van der Waals surface area (Å²) in [7, 11) is 0. The van der Waals surface area contributed by atoms with Crippen LogP contribution in [0.3, 0.4) is 0 Å². The number of halogens is 3. The van der Waals surface area contributed by atoms with Gasteiger partial charge < -0.3 is 15.2 Å². The Kier molecular flexibility index (Phi) is 6.11. The molecule has 1 atom stereocenters. The van der Waals surface area contributed by atoms with Crippen molar-refractivity contribution in [3.63, 3.8) is 0 Å². The molecular weight excluding hydrogens is 307 g/mol. The van der Waals surface area contributed by atoms with Gasteiger partial charge in [-0.1, -0.05) is 6.08 Å². The van der Waals surface area contributed by atoms with Crippen molar-refractivity contribution in [1.82, 2.24) is 10.2 Å². The SMILES string of the molecule is CCOC(=O)/C=C/[C@H](CO)Nc1cn[nH]c(=O)c1C(F)(F)F. The Morgan fingerprint density at radius 3 is 2.82 bits per heavy atom. The first-order chi connectivity index (χ1) is 10.3. The molecule has 0 aliphatic rings. The van der Waals surface area contributed by atoms with Crippen LogP contribution in [0.4, 0.5) is 18.9 Å². The first-order valence-corrected chi connectivity index (χ1v) is 6.16. The second-order valence-corrected chi connectivity index (χ2v) is 4.03. The number of carbonyl (C=O) groups excluding carboxylic acids is 1. The van der Waals surface area contributed by atoms with Gasteiger partial charge in [-0.25, -0.2) is 9.89 Å². The summed E-state index contributed by atoms with van der Waals surface area (Å²) < 4.78 is 43.1. The first-order valence-electron chi connectivity index (χ1n) is 6.16. The van der Waals surface area contributed by atoms with Gasteiger partial charge in [0, 0.05) is 6.08 Å². The molecular formula is C12H14F3N3O4. The molecule has 0 bridgehead atoms. The predicted octanol–water partition coefficient (Wildman–Crippen LogP) is 0.681. The molecule has 1 aromatic heterocycles. The van der Waals surface area contributed by atoms with E-state index in [-0.39, 0.29) is 6.61 Å². The van der Waals surface area contributed by atoms with Crippen LogP contribution in [0.5, 0.6) is 0 Å². The molecule has 7 nitrogen and oxygen atoms in total. The van der Waals surface area contributed by atoms with Crippen LogP contribution >= 0.6 is 0 Å². The fraction of sp³-hybridized carbons (Fsp3) is 0.417. The molecule has 0 fully saturated rings. The van der Waals surface area contributed by atoms with E-state index in [1.54, 1.807) is 12.0 Å². The fourth-order valence-corrected chi connectivity index (χ4v) is 1.53. The molecule has 0 aliphatic heterocycles. The largest absolute Gasteiger partial charge is 0.463 e. The van der Waals surface area contributed by atoms with Crippen LogP contribution in [0, 0.1) is 0 Å². The summed E-state index contributed by atoms with van der Waals surface area (Å²) in [4.78, 5) is 22.4. The van der Waals surface area contributed by atoms with Gasteiger partial charge in [-0.15, -0.1) is 0 Å². The molecule has 1 aromatic rings. The van der Waals surface area contributed by atoms with Gasteiger partial charge in [0.05, 0.1) is 31.1 Å². The second-order valence-electron chi connectivity index (χ2n) is 4.03. The molecule has 3 N–H and O–H groups in total. The number of ether oxygens (including phenoxy) is 1. The van der Waals surface area contributed by atoms with Crippen LogP contribution in [0.1, 0.15) is 12.5 Å². The number of anilines is 1. The number of hydrogen-bond donors (Lipinski definition) is 3. The third-order valence-corrected chi connectivity index (χ3v) is 2.43. The highest BCUT2D eigenvalue weighted by Crippen LogP contribution is 2.31. The summed E-state index contributed by atoms with van der Waals surface area (Å²) in [5, 5.41) is 16.4. The molecule has 1 heterocycles. The zero-order valence-electron chi connectivity index (χ0n) is 11.5. The summed E-state index contributed by atoms with van der Waals surface area (Å²) in [6.07, 6.45) is -2.04. The average Bonchev–Trinajstić information content (AvgIpc) is 2.42. The minimum Gasteiger partial charge on any atom is -0.463 e. The van der Waals surface area contributed by atoms with Gasteiger partial charge in [0.25, 0.3) is 5.56 Å². The number of esters is 1.